The van der Waals surface area contributed by atoms with E-state index in [4.69, 9.17) is 11.6 Å². The molecule has 94 valence electrons. The number of rotatable bonds is 3. The van der Waals surface area contributed by atoms with Gasteiger partial charge in [0.2, 0.25) is 5.95 Å². The van der Waals surface area contributed by atoms with Crippen LogP contribution < -0.4 is 0 Å². The van der Waals surface area contributed by atoms with Gasteiger partial charge in [-0.25, -0.2) is 14.6 Å². The van der Waals surface area contributed by atoms with Crippen LogP contribution >= 0.6 is 11.6 Å². The molecule has 3 rings (SSSR count). The Labute approximate surface area is 115 Å². The second kappa shape index (κ2) is 5.20. The molecule has 1 aromatic carbocycles. The van der Waals surface area contributed by atoms with Gasteiger partial charge in [0.15, 0.2) is 0 Å². The highest BCUT2D eigenvalue weighted by atomic mass is 35.5. The largest absolute Gasteiger partial charge is 0.250 e. The van der Waals surface area contributed by atoms with Gasteiger partial charge in [-0.15, -0.1) is 11.6 Å². The summed E-state index contributed by atoms with van der Waals surface area (Å²) >= 11 is 5.71. The van der Waals surface area contributed by atoms with Gasteiger partial charge < -0.3 is 0 Å². The predicted molar refractivity (Wildman–Crippen MR) is 74.1 cm³/mol. The van der Waals surface area contributed by atoms with Gasteiger partial charge >= 0.3 is 0 Å². The lowest BCUT2D eigenvalue weighted by molar-refractivity contribution is 0.804. The Kier molecular flexibility index (Phi) is 3.25. The molecular formula is C14H11ClN4. The van der Waals surface area contributed by atoms with Crippen molar-refractivity contribution in [2.45, 2.75) is 5.88 Å². The standard InChI is InChI=1S/C14H11ClN4/c15-6-11-7-16-14(17-8-11)19-10-13(9-18-19)12-4-2-1-3-5-12/h1-5,7-10H,6H2. The summed E-state index contributed by atoms with van der Waals surface area (Å²) in [5, 5.41) is 4.28. The van der Waals surface area contributed by atoms with E-state index >= 15 is 0 Å². The normalized spacial score (nSPS) is 10.6. The summed E-state index contributed by atoms with van der Waals surface area (Å²) in [6.45, 7) is 0. The van der Waals surface area contributed by atoms with Crippen molar-refractivity contribution in [1.29, 1.82) is 0 Å². The molecule has 2 aromatic heterocycles. The van der Waals surface area contributed by atoms with E-state index < -0.39 is 0 Å². The summed E-state index contributed by atoms with van der Waals surface area (Å²) in [6.07, 6.45) is 7.12. The molecule has 19 heavy (non-hydrogen) atoms. The number of benzene rings is 1. The van der Waals surface area contributed by atoms with Gasteiger partial charge in [0.25, 0.3) is 0 Å². The van der Waals surface area contributed by atoms with Crippen molar-refractivity contribution < 1.29 is 0 Å². The van der Waals surface area contributed by atoms with Crippen LogP contribution in [0.15, 0.2) is 55.1 Å². The third-order valence-corrected chi connectivity index (χ3v) is 3.05. The van der Waals surface area contributed by atoms with Crippen LogP contribution in [0, 0.1) is 0 Å². The highest BCUT2D eigenvalue weighted by Gasteiger charge is 2.05. The van der Waals surface area contributed by atoms with E-state index in [2.05, 4.69) is 15.1 Å². The van der Waals surface area contributed by atoms with Crippen LogP contribution in [0.2, 0.25) is 0 Å². The number of alkyl halides is 1. The molecule has 0 N–H and O–H groups in total. The van der Waals surface area contributed by atoms with E-state index in [0.29, 0.717) is 11.8 Å². The van der Waals surface area contributed by atoms with Crippen molar-refractivity contribution in [2.75, 3.05) is 0 Å². The Hall–Kier alpha value is -2.20. The summed E-state index contributed by atoms with van der Waals surface area (Å²) in [6, 6.07) is 10.1. The molecule has 0 spiro atoms. The minimum absolute atomic E-state index is 0.411. The van der Waals surface area contributed by atoms with Crippen molar-refractivity contribution in [3.8, 4) is 17.1 Å². The Morgan fingerprint density at radius 2 is 1.68 bits per heavy atom. The monoisotopic (exact) mass is 270 g/mol. The maximum atomic E-state index is 5.71. The van der Waals surface area contributed by atoms with E-state index in [-0.39, 0.29) is 0 Å². The van der Waals surface area contributed by atoms with Crippen LogP contribution in [0.5, 0.6) is 0 Å². The molecular weight excluding hydrogens is 260 g/mol. The number of nitrogens with zero attached hydrogens (tertiary/aromatic N) is 4. The third kappa shape index (κ3) is 2.48. The van der Waals surface area contributed by atoms with Gasteiger partial charge in [0.1, 0.15) is 0 Å². The molecule has 0 bridgehead atoms. The first kappa shape index (κ1) is 11.9. The van der Waals surface area contributed by atoms with Gasteiger partial charge in [0.05, 0.1) is 12.1 Å². The van der Waals surface area contributed by atoms with Gasteiger partial charge in [-0.05, 0) is 5.56 Å². The Balaban J connectivity index is 1.92. The fraction of sp³-hybridized carbons (Fsp3) is 0.0714. The van der Waals surface area contributed by atoms with Gasteiger partial charge in [-0.3, -0.25) is 0 Å². The van der Waals surface area contributed by atoms with Gasteiger partial charge in [-0.1, -0.05) is 30.3 Å². The maximum Gasteiger partial charge on any atom is 0.250 e. The van der Waals surface area contributed by atoms with Crippen LogP contribution in [-0.4, -0.2) is 19.7 Å². The van der Waals surface area contributed by atoms with Gasteiger partial charge in [0, 0.05) is 29.7 Å². The fourth-order valence-electron chi connectivity index (χ4n) is 1.75. The first-order valence-corrected chi connectivity index (χ1v) is 6.37. The zero-order chi connectivity index (χ0) is 13.1. The van der Waals surface area contributed by atoms with E-state index in [0.717, 1.165) is 16.7 Å². The summed E-state index contributed by atoms with van der Waals surface area (Å²) in [5.74, 6) is 0.949. The molecule has 0 saturated carbocycles. The minimum atomic E-state index is 0.411. The van der Waals surface area contributed by atoms with Crippen LogP contribution in [0.25, 0.3) is 17.1 Å². The highest BCUT2D eigenvalue weighted by Crippen LogP contribution is 2.18. The van der Waals surface area contributed by atoms with E-state index in [1.165, 1.54) is 0 Å². The number of hydrogen-bond acceptors (Lipinski definition) is 3. The number of aromatic nitrogens is 4. The zero-order valence-electron chi connectivity index (χ0n) is 10.1. The molecule has 0 unspecified atom stereocenters. The zero-order valence-corrected chi connectivity index (χ0v) is 10.8. The van der Waals surface area contributed by atoms with E-state index in [9.17, 15) is 0 Å². The summed E-state index contributed by atoms with van der Waals surface area (Å²) < 4.78 is 1.65. The summed E-state index contributed by atoms with van der Waals surface area (Å²) in [5.41, 5.74) is 3.04. The maximum absolute atomic E-state index is 5.71. The second-order valence-corrected chi connectivity index (χ2v) is 4.33. The molecule has 4 nitrogen and oxygen atoms in total. The quantitative estimate of drug-likeness (QED) is 0.687. The van der Waals surface area contributed by atoms with Crippen LogP contribution in [0.3, 0.4) is 0 Å². The van der Waals surface area contributed by atoms with E-state index in [1.807, 2.05) is 36.5 Å². The van der Waals surface area contributed by atoms with Crippen molar-refractivity contribution >= 4 is 11.6 Å². The van der Waals surface area contributed by atoms with Gasteiger partial charge in [-0.2, -0.15) is 5.10 Å². The smallest absolute Gasteiger partial charge is 0.219 e. The summed E-state index contributed by atoms with van der Waals surface area (Å²) in [7, 11) is 0. The molecule has 0 radical (unpaired) electrons. The molecule has 0 atom stereocenters. The van der Waals surface area contributed by atoms with Crippen LogP contribution in [0.4, 0.5) is 0 Å². The average Bonchev–Trinajstić information content (AvgIpc) is 2.98. The predicted octanol–water partition coefficient (Wildman–Crippen LogP) is 3.07. The highest BCUT2D eigenvalue weighted by molar-refractivity contribution is 6.17. The van der Waals surface area contributed by atoms with E-state index in [1.54, 1.807) is 23.3 Å². The SMILES string of the molecule is ClCc1cnc(-n2cc(-c3ccccc3)cn2)nc1. The number of hydrogen-bond donors (Lipinski definition) is 0. The molecule has 0 saturated heterocycles. The first-order chi connectivity index (χ1) is 9.36. The lowest BCUT2D eigenvalue weighted by atomic mass is 10.1. The third-order valence-electron chi connectivity index (χ3n) is 2.74. The van der Waals surface area contributed by atoms with Crippen molar-refractivity contribution in [3.63, 3.8) is 0 Å². The molecule has 0 fully saturated rings. The molecule has 0 aliphatic rings. The summed E-state index contributed by atoms with van der Waals surface area (Å²) in [4.78, 5) is 8.46. The average molecular weight is 271 g/mol. The minimum Gasteiger partial charge on any atom is -0.219 e. The molecule has 3 aromatic rings. The topological polar surface area (TPSA) is 43.6 Å². The molecule has 5 heteroatoms. The van der Waals surface area contributed by atoms with Crippen molar-refractivity contribution in [2.24, 2.45) is 0 Å². The molecule has 0 amide bonds. The molecule has 0 aliphatic heterocycles. The Morgan fingerprint density at radius 1 is 0.947 bits per heavy atom. The van der Waals surface area contributed by atoms with Crippen LogP contribution in [0.1, 0.15) is 5.56 Å². The molecule has 0 aliphatic carbocycles. The van der Waals surface area contributed by atoms with Crippen LogP contribution in [-0.2, 0) is 5.88 Å². The fourth-order valence-corrected chi connectivity index (χ4v) is 1.89. The lowest BCUT2D eigenvalue weighted by Gasteiger charge is -1.99. The Morgan fingerprint density at radius 3 is 2.37 bits per heavy atom. The van der Waals surface area contributed by atoms with Crippen molar-refractivity contribution in [1.82, 2.24) is 19.7 Å². The van der Waals surface area contributed by atoms with Crippen molar-refractivity contribution in [3.05, 3.63) is 60.7 Å². The number of halogens is 1. The second-order valence-electron chi connectivity index (χ2n) is 4.06. The Bertz CT molecular complexity index is 661. The molecule has 2 heterocycles. The first-order valence-electron chi connectivity index (χ1n) is 5.84. The lowest BCUT2D eigenvalue weighted by Crippen LogP contribution is -2.01.